The molecule has 0 saturated heterocycles. The second-order valence-electron chi connectivity index (χ2n) is 2.29. The smallest absolute Gasteiger partial charge is 0.409 e. The van der Waals surface area contributed by atoms with E-state index in [0.717, 1.165) is 12.1 Å². The van der Waals surface area contributed by atoms with Crippen LogP contribution in [0.15, 0.2) is 18.2 Å². The fourth-order valence-electron chi connectivity index (χ4n) is 0.815. The quantitative estimate of drug-likeness (QED) is 0.572. The second-order valence-corrected chi connectivity index (χ2v) is 2.29. The lowest BCUT2D eigenvalue weighted by Gasteiger charge is -2.00. The van der Waals surface area contributed by atoms with E-state index in [1.54, 1.807) is 0 Å². The van der Waals surface area contributed by atoms with Crippen molar-refractivity contribution in [2.45, 2.75) is 0 Å². The van der Waals surface area contributed by atoms with Crippen LogP contribution in [0.1, 0.15) is 0 Å². The number of primary amides is 1. The van der Waals surface area contributed by atoms with Gasteiger partial charge >= 0.3 is 11.8 Å². The molecular formula is C7H5FN2O4. The first kappa shape index (κ1) is 9.90. The Labute approximate surface area is 77.2 Å². The molecule has 6 nitrogen and oxygen atoms in total. The van der Waals surface area contributed by atoms with E-state index < -0.39 is 22.5 Å². The van der Waals surface area contributed by atoms with E-state index in [4.69, 9.17) is 0 Å². The Hall–Kier alpha value is -2.18. The number of carbonyl (C=O) groups is 1. The summed E-state index contributed by atoms with van der Waals surface area (Å²) in [4.78, 5) is 19.5. The SMILES string of the molecule is NC(=O)Oc1ccc([N+](=O)[O-])c(F)c1. The van der Waals surface area contributed by atoms with Crippen molar-refractivity contribution in [1.29, 1.82) is 0 Å². The van der Waals surface area contributed by atoms with Gasteiger partial charge in [0.05, 0.1) is 4.92 Å². The molecule has 0 fully saturated rings. The topological polar surface area (TPSA) is 95.5 Å². The maximum atomic E-state index is 12.9. The number of benzene rings is 1. The molecule has 1 aromatic carbocycles. The van der Waals surface area contributed by atoms with Crippen molar-refractivity contribution in [1.82, 2.24) is 0 Å². The molecule has 7 heteroatoms. The first-order valence-corrected chi connectivity index (χ1v) is 3.42. The van der Waals surface area contributed by atoms with Crippen LogP contribution in [0.5, 0.6) is 5.75 Å². The van der Waals surface area contributed by atoms with E-state index >= 15 is 0 Å². The molecule has 0 aromatic heterocycles. The predicted octanol–water partition coefficient (Wildman–Crippen LogP) is 1.19. The standard InChI is InChI=1S/C7H5FN2O4/c8-5-3-4(14-7(9)11)1-2-6(5)10(12)13/h1-3H,(H2,9,11). The van der Waals surface area contributed by atoms with Crippen LogP contribution in [-0.2, 0) is 0 Å². The zero-order chi connectivity index (χ0) is 10.7. The fourth-order valence-corrected chi connectivity index (χ4v) is 0.815. The molecule has 1 aromatic rings. The lowest BCUT2D eigenvalue weighted by atomic mass is 10.3. The molecule has 0 saturated carbocycles. The van der Waals surface area contributed by atoms with E-state index in [9.17, 15) is 19.3 Å². The molecule has 0 radical (unpaired) electrons. The Morgan fingerprint density at radius 3 is 2.64 bits per heavy atom. The van der Waals surface area contributed by atoms with E-state index in [0.29, 0.717) is 6.07 Å². The molecule has 14 heavy (non-hydrogen) atoms. The van der Waals surface area contributed by atoms with Crippen LogP contribution in [0.3, 0.4) is 0 Å². The normalized spacial score (nSPS) is 9.50. The highest BCUT2D eigenvalue weighted by molar-refractivity contribution is 5.68. The van der Waals surface area contributed by atoms with Crippen LogP contribution in [0.2, 0.25) is 0 Å². The van der Waals surface area contributed by atoms with Gasteiger partial charge in [-0.25, -0.2) is 4.79 Å². The van der Waals surface area contributed by atoms with Gasteiger partial charge in [-0.1, -0.05) is 0 Å². The monoisotopic (exact) mass is 200 g/mol. The Balaban J connectivity index is 3.00. The van der Waals surface area contributed by atoms with E-state index in [1.807, 2.05) is 0 Å². The number of nitro groups is 1. The summed E-state index contributed by atoms with van der Waals surface area (Å²) in [6, 6.07) is 2.67. The molecule has 0 aliphatic rings. The Morgan fingerprint density at radius 1 is 1.57 bits per heavy atom. The van der Waals surface area contributed by atoms with E-state index in [2.05, 4.69) is 10.5 Å². The van der Waals surface area contributed by atoms with E-state index in [1.165, 1.54) is 0 Å². The zero-order valence-corrected chi connectivity index (χ0v) is 6.77. The van der Waals surface area contributed by atoms with Gasteiger partial charge in [-0.2, -0.15) is 4.39 Å². The number of nitro benzene ring substituents is 1. The Bertz CT molecular complexity index is 393. The van der Waals surface area contributed by atoms with Crippen molar-refractivity contribution >= 4 is 11.8 Å². The van der Waals surface area contributed by atoms with Crippen LogP contribution in [0.4, 0.5) is 14.9 Å². The summed E-state index contributed by atoms with van der Waals surface area (Å²) in [5, 5.41) is 10.2. The molecule has 0 aliphatic heterocycles. The van der Waals surface area contributed by atoms with Crippen molar-refractivity contribution in [3.05, 3.63) is 34.1 Å². The lowest BCUT2D eigenvalue weighted by Crippen LogP contribution is -2.16. The Morgan fingerprint density at radius 2 is 2.21 bits per heavy atom. The number of halogens is 1. The second kappa shape index (κ2) is 3.69. The lowest BCUT2D eigenvalue weighted by molar-refractivity contribution is -0.387. The number of nitrogens with two attached hydrogens (primary N) is 1. The fraction of sp³-hybridized carbons (Fsp3) is 0. The van der Waals surface area contributed by atoms with Gasteiger partial charge in [0.15, 0.2) is 0 Å². The van der Waals surface area contributed by atoms with Gasteiger partial charge < -0.3 is 10.5 Å². The summed E-state index contributed by atoms with van der Waals surface area (Å²) >= 11 is 0. The molecule has 0 atom stereocenters. The molecular weight excluding hydrogens is 195 g/mol. The number of amides is 1. The summed E-state index contributed by atoms with van der Waals surface area (Å²) in [7, 11) is 0. The summed E-state index contributed by atoms with van der Waals surface area (Å²) < 4.78 is 17.2. The molecule has 0 spiro atoms. The number of ether oxygens (including phenoxy) is 1. The van der Waals surface area contributed by atoms with Gasteiger partial charge in [-0.05, 0) is 6.07 Å². The number of hydrogen-bond donors (Lipinski definition) is 1. The molecule has 0 aliphatic carbocycles. The molecule has 74 valence electrons. The van der Waals surface area contributed by atoms with Gasteiger partial charge in [-0.3, -0.25) is 10.1 Å². The third-order valence-corrected chi connectivity index (χ3v) is 1.33. The highest BCUT2D eigenvalue weighted by atomic mass is 19.1. The minimum atomic E-state index is -1.11. The average molecular weight is 200 g/mol. The highest BCUT2D eigenvalue weighted by Crippen LogP contribution is 2.22. The predicted molar refractivity (Wildman–Crippen MR) is 43.3 cm³/mol. The van der Waals surface area contributed by atoms with Gasteiger partial charge in [0.1, 0.15) is 5.75 Å². The number of hydrogen-bond acceptors (Lipinski definition) is 4. The highest BCUT2D eigenvalue weighted by Gasteiger charge is 2.14. The maximum Gasteiger partial charge on any atom is 0.409 e. The first-order valence-electron chi connectivity index (χ1n) is 3.42. The van der Waals surface area contributed by atoms with Crippen LogP contribution < -0.4 is 10.5 Å². The third-order valence-electron chi connectivity index (χ3n) is 1.33. The molecule has 1 rings (SSSR count). The van der Waals surface area contributed by atoms with Gasteiger partial charge in [0, 0.05) is 12.1 Å². The number of rotatable bonds is 2. The van der Waals surface area contributed by atoms with Crippen LogP contribution in [0, 0.1) is 15.9 Å². The van der Waals surface area contributed by atoms with Crippen LogP contribution in [0.25, 0.3) is 0 Å². The molecule has 2 N–H and O–H groups in total. The minimum Gasteiger partial charge on any atom is -0.410 e. The van der Waals surface area contributed by atoms with E-state index in [-0.39, 0.29) is 5.75 Å². The largest absolute Gasteiger partial charge is 0.410 e. The molecule has 0 heterocycles. The van der Waals surface area contributed by atoms with Gasteiger partial charge in [-0.15, -0.1) is 0 Å². The summed E-state index contributed by atoms with van der Waals surface area (Å²) in [5.41, 5.74) is 3.96. The van der Waals surface area contributed by atoms with Crippen molar-refractivity contribution in [2.75, 3.05) is 0 Å². The summed E-state index contributed by atoms with van der Waals surface area (Å²) in [5.74, 6) is -1.27. The summed E-state index contributed by atoms with van der Waals surface area (Å²) in [6.07, 6.45) is -1.11. The zero-order valence-electron chi connectivity index (χ0n) is 6.77. The third kappa shape index (κ3) is 2.16. The number of carbonyl (C=O) groups excluding carboxylic acids is 1. The van der Waals surface area contributed by atoms with Crippen molar-refractivity contribution in [3.63, 3.8) is 0 Å². The van der Waals surface area contributed by atoms with Crippen molar-refractivity contribution in [3.8, 4) is 5.75 Å². The average Bonchev–Trinajstić information content (AvgIpc) is 2.01. The maximum absolute atomic E-state index is 12.9. The van der Waals surface area contributed by atoms with Crippen molar-refractivity contribution < 1.29 is 18.8 Å². The molecule has 0 bridgehead atoms. The van der Waals surface area contributed by atoms with Crippen molar-refractivity contribution in [2.24, 2.45) is 5.73 Å². The van der Waals surface area contributed by atoms with Gasteiger partial charge in [0.2, 0.25) is 5.82 Å². The van der Waals surface area contributed by atoms with Gasteiger partial charge in [0.25, 0.3) is 0 Å². The van der Waals surface area contributed by atoms with Crippen LogP contribution in [-0.4, -0.2) is 11.0 Å². The Kier molecular flexibility index (Phi) is 2.61. The summed E-state index contributed by atoms with van der Waals surface area (Å²) in [6.45, 7) is 0. The minimum absolute atomic E-state index is 0.180. The molecule has 1 amide bonds. The first-order chi connectivity index (χ1) is 6.50. The number of nitrogens with zero attached hydrogens (tertiary/aromatic N) is 1. The van der Waals surface area contributed by atoms with Crippen LogP contribution >= 0.6 is 0 Å². The molecule has 0 unspecified atom stereocenters.